The van der Waals surface area contributed by atoms with E-state index in [1.807, 2.05) is 59.0 Å². The second-order valence-electron chi connectivity index (χ2n) is 7.67. The Balaban J connectivity index is 1.58. The fourth-order valence-corrected chi connectivity index (χ4v) is 3.97. The summed E-state index contributed by atoms with van der Waals surface area (Å²) in [6.45, 7) is 7.83. The number of anilines is 1. The van der Waals surface area contributed by atoms with Crippen molar-refractivity contribution in [2.75, 3.05) is 11.1 Å². The minimum atomic E-state index is -0.329. The predicted octanol–water partition coefficient (Wildman–Crippen LogP) is 3.96. The average Bonchev–Trinajstić information content (AvgIpc) is 3.06. The van der Waals surface area contributed by atoms with Gasteiger partial charge in [-0.15, -0.1) is 10.2 Å². The van der Waals surface area contributed by atoms with E-state index in [2.05, 4.69) is 26.9 Å². The van der Waals surface area contributed by atoms with E-state index in [0.717, 1.165) is 22.4 Å². The SMILES string of the molecule is Cc1ccc(C(=O)N[C@@H](C)c2nnc(SCC(=O)Nc3cc(C)cc(C)c3)n2C)cc1. The molecule has 2 amide bonds. The molecule has 8 heteroatoms. The van der Waals surface area contributed by atoms with E-state index in [0.29, 0.717) is 16.5 Å². The van der Waals surface area contributed by atoms with E-state index in [1.54, 1.807) is 16.7 Å². The Morgan fingerprint density at radius 1 is 1.00 bits per heavy atom. The molecule has 0 aliphatic heterocycles. The number of aromatic nitrogens is 3. The minimum Gasteiger partial charge on any atom is -0.342 e. The van der Waals surface area contributed by atoms with E-state index in [-0.39, 0.29) is 23.6 Å². The first-order valence-corrected chi connectivity index (χ1v) is 11.0. The lowest BCUT2D eigenvalue weighted by molar-refractivity contribution is -0.113. The molecular formula is C23H27N5O2S. The van der Waals surface area contributed by atoms with Crippen LogP contribution in [-0.2, 0) is 11.8 Å². The predicted molar refractivity (Wildman–Crippen MR) is 123 cm³/mol. The zero-order valence-electron chi connectivity index (χ0n) is 18.4. The summed E-state index contributed by atoms with van der Waals surface area (Å²) in [6, 6.07) is 13.0. The zero-order valence-corrected chi connectivity index (χ0v) is 19.2. The molecule has 162 valence electrons. The highest BCUT2D eigenvalue weighted by atomic mass is 32.2. The van der Waals surface area contributed by atoms with Gasteiger partial charge in [0, 0.05) is 18.3 Å². The number of aryl methyl sites for hydroxylation is 3. The number of carbonyl (C=O) groups excluding carboxylic acids is 2. The van der Waals surface area contributed by atoms with Crippen LogP contribution in [0.15, 0.2) is 47.6 Å². The van der Waals surface area contributed by atoms with Gasteiger partial charge in [0.1, 0.15) is 0 Å². The molecule has 0 saturated heterocycles. The van der Waals surface area contributed by atoms with Crippen molar-refractivity contribution in [3.05, 3.63) is 70.5 Å². The van der Waals surface area contributed by atoms with Gasteiger partial charge in [0.25, 0.3) is 5.91 Å². The highest BCUT2D eigenvalue weighted by Crippen LogP contribution is 2.20. The largest absolute Gasteiger partial charge is 0.342 e. The lowest BCUT2D eigenvalue weighted by atomic mass is 10.1. The summed E-state index contributed by atoms with van der Waals surface area (Å²) >= 11 is 1.30. The first-order valence-electron chi connectivity index (χ1n) is 10.0. The van der Waals surface area contributed by atoms with Gasteiger partial charge >= 0.3 is 0 Å². The Morgan fingerprint density at radius 3 is 2.29 bits per heavy atom. The maximum atomic E-state index is 12.5. The van der Waals surface area contributed by atoms with Gasteiger partial charge in [0.2, 0.25) is 5.91 Å². The van der Waals surface area contributed by atoms with Crippen LogP contribution in [0.3, 0.4) is 0 Å². The van der Waals surface area contributed by atoms with Crippen LogP contribution in [0.2, 0.25) is 0 Å². The van der Waals surface area contributed by atoms with Crippen LogP contribution in [0.25, 0.3) is 0 Å². The van der Waals surface area contributed by atoms with Crippen molar-refractivity contribution in [1.29, 1.82) is 0 Å². The summed E-state index contributed by atoms with van der Waals surface area (Å²) in [4.78, 5) is 24.8. The fourth-order valence-electron chi connectivity index (χ4n) is 3.25. The van der Waals surface area contributed by atoms with E-state index in [9.17, 15) is 9.59 Å². The van der Waals surface area contributed by atoms with Crippen LogP contribution < -0.4 is 10.6 Å². The summed E-state index contributed by atoms with van der Waals surface area (Å²) in [5.74, 6) is 0.554. The lowest BCUT2D eigenvalue weighted by Gasteiger charge is -2.14. The third kappa shape index (κ3) is 5.95. The number of amides is 2. The van der Waals surface area contributed by atoms with Gasteiger partial charge in [0.15, 0.2) is 11.0 Å². The number of hydrogen-bond donors (Lipinski definition) is 2. The van der Waals surface area contributed by atoms with E-state index in [4.69, 9.17) is 0 Å². The fraction of sp³-hybridized carbons (Fsp3) is 0.304. The van der Waals surface area contributed by atoms with Gasteiger partial charge < -0.3 is 15.2 Å². The van der Waals surface area contributed by atoms with Gasteiger partial charge in [0.05, 0.1) is 11.8 Å². The van der Waals surface area contributed by atoms with Crippen molar-refractivity contribution < 1.29 is 9.59 Å². The van der Waals surface area contributed by atoms with Gasteiger partial charge in [-0.05, 0) is 63.1 Å². The second kappa shape index (κ2) is 9.78. The van der Waals surface area contributed by atoms with Crippen molar-refractivity contribution in [2.24, 2.45) is 7.05 Å². The van der Waals surface area contributed by atoms with Crippen molar-refractivity contribution in [3.63, 3.8) is 0 Å². The first kappa shape index (κ1) is 22.6. The number of hydrogen-bond acceptors (Lipinski definition) is 5. The Labute approximate surface area is 186 Å². The molecule has 0 saturated carbocycles. The maximum absolute atomic E-state index is 12.5. The van der Waals surface area contributed by atoms with Gasteiger partial charge in [-0.1, -0.05) is 35.5 Å². The molecule has 0 aliphatic rings. The number of benzene rings is 2. The molecule has 2 N–H and O–H groups in total. The number of nitrogens with one attached hydrogen (secondary N) is 2. The Morgan fingerprint density at radius 2 is 1.65 bits per heavy atom. The monoisotopic (exact) mass is 437 g/mol. The molecule has 0 fully saturated rings. The van der Waals surface area contributed by atoms with Crippen LogP contribution in [0.1, 0.15) is 45.8 Å². The molecular weight excluding hydrogens is 410 g/mol. The molecule has 2 aromatic carbocycles. The molecule has 7 nitrogen and oxygen atoms in total. The van der Waals surface area contributed by atoms with E-state index in [1.165, 1.54) is 11.8 Å². The summed E-state index contributed by atoms with van der Waals surface area (Å²) in [5.41, 5.74) is 4.68. The van der Waals surface area contributed by atoms with Crippen LogP contribution in [0.4, 0.5) is 5.69 Å². The number of nitrogens with zero attached hydrogens (tertiary/aromatic N) is 3. The topological polar surface area (TPSA) is 88.9 Å². The van der Waals surface area contributed by atoms with Crippen molar-refractivity contribution in [3.8, 4) is 0 Å². The smallest absolute Gasteiger partial charge is 0.251 e. The van der Waals surface area contributed by atoms with Gasteiger partial charge in [-0.25, -0.2) is 0 Å². The van der Waals surface area contributed by atoms with Crippen molar-refractivity contribution in [1.82, 2.24) is 20.1 Å². The number of thioether (sulfide) groups is 1. The molecule has 0 bridgehead atoms. The minimum absolute atomic E-state index is 0.111. The lowest BCUT2D eigenvalue weighted by Crippen LogP contribution is -2.28. The molecule has 0 spiro atoms. The molecule has 0 unspecified atom stereocenters. The normalized spacial score (nSPS) is 11.8. The summed E-state index contributed by atoms with van der Waals surface area (Å²) < 4.78 is 1.80. The Kier molecular flexibility index (Phi) is 7.12. The molecule has 1 atom stereocenters. The van der Waals surface area contributed by atoms with E-state index < -0.39 is 0 Å². The molecule has 31 heavy (non-hydrogen) atoms. The number of carbonyl (C=O) groups is 2. The second-order valence-corrected chi connectivity index (χ2v) is 8.62. The molecule has 3 aromatic rings. The van der Waals surface area contributed by atoms with Crippen LogP contribution in [0.5, 0.6) is 0 Å². The summed E-state index contributed by atoms with van der Waals surface area (Å²) in [7, 11) is 1.83. The van der Waals surface area contributed by atoms with Gasteiger partial charge in [-0.3, -0.25) is 9.59 Å². The third-order valence-electron chi connectivity index (χ3n) is 4.76. The standard InChI is InChI=1S/C23H27N5O2S/c1-14-6-8-18(9-7-14)22(30)24-17(4)21-26-27-23(28(21)5)31-13-20(29)25-19-11-15(2)10-16(3)12-19/h6-12,17H,13H2,1-5H3,(H,24,30)(H,25,29)/t17-/m0/s1. The molecule has 1 heterocycles. The average molecular weight is 438 g/mol. The summed E-state index contributed by atoms with van der Waals surface area (Å²) in [6.07, 6.45) is 0. The first-order chi connectivity index (χ1) is 14.7. The molecule has 0 aliphatic carbocycles. The molecule has 1 aromatic heterocycles. The van der Waals surface area contributed by atoms with Crippen LogP contribution in [0, 0.1) is 20.8 Å². The Hall–Kier alpha value is -3.13. The highest BCUT2D eigenvalue weighted by Gasteiger charge is 2.19. The third-order valence-corrected chi connectivity index (χ3v) is 5.78. The van der Waals surface area contributed by atoms with Crippen LogP contribution in [-0.4, -0.2) is 32.3 Å². The quantitative estimate of drug-likeness (QED) is 0.546. The molecule has 0 radical (unpaired) electrons. The van der Waals surface area contributed by atoms with E-state index >= 15 is 0 Å². The number of rotatable bonds is 7. The van der Waals surface area contributed by atoms with Gasteiger partial charge in [-0.2, -0.15) is 0 Å². The Bertz CT molecular complexity index is 1070. The maximum Gasteiger partial charge on any atom is 0.251 e. The zero-order chi connectivity index (χ0) is 22.5. The van der Waals surface area contributed by atoms with Crippen molar-refractivity contribution in [2.45, 2.75) is 38.9 Å². The van der Waals surface area contributed by atoms with Crippen molar-refractivity contribution >= 4 is 29.3 Å². The summed E-state index contributed by atoms with van der Waals surface area (Å²) in [5, 5.41) is 14.9. The molecule has 3 rings (SSSR count). The van der Waals surface area contributed by atoms with Crippen LogP contribution >= 0.6 is 11.8 Å². The highest BCUT2D eigenvalue weighted by molar-refractivity contribution is 7.99.